The lowest BCUT2D eigenvalue weighted by atomic mass is 9.75. The molecule has 2 heteroatoms. The molecule has 0 bridgehead atoms. The van der Waals surface area contributed by atoms with Crippen molar-refractivity contribution in [2.24, 2.45) is 11.1 Å². The first kappa shape index (κ1) is 11.4. The maximum atomic E-state index is 6.13. The molecule has 1 nitrogen and oxygen atoms in total. The Labute approximate surface area is 86.8 Å². The van der Waals surface area contributed by atoms with Crippen molar-refractivity contribution in [2.45, 2.75) is 63.5 Å². The van der Waals surface area contributed by atoms with Crippen LogP contribution in [0.5, 0.6) is 0 Å². The molecular formula is C11H23NS. The lowest BCUT2D eigenvalue weighted by Gasteiger charge is -2.39. The Balaban J connectivity index is 2.50. The van der Waals surface area contributed by atoms with Gasteiger partial charge in [-0.1, -0.05) is 27.7 Å². The van der Waals surface area contributed by atoms with Crippen molar-refractivity contribution in [3.63, 3.8) is 0 Å². The Bertz CT molecular complexity index is 165. The van der Waals surface area contributed by atoms with Crippen LogP contribution >= 0.6 is 11.8 Å². The molecule has 1 aliphatic rings. The van der Waals surface area contributed by atoms with Gasteiger partial charge in [-0.25, -0.2) is 0 Å². The Morgan fingerprint density at radius 2 is 2.00 bits per heavy atom. The summed E-state index contributed by atoms with van der Waals surface area (Å²) in [6.45, 7) is 9.26. The largest absolute Gasteiger partial charge is 0.327 e. The minimum Gasteiger partial charge on any atom is -0.327 e. The van der Waals surface area contributed by atoms with Crippen molar-refractivity contribution in [3.05, 3.63) is 0 Å². The predicted octanol–water partition coefficient (Wildman–Crippen LogP) is 3.03. The highest BCUT2D eigenvalue weighted by Gasteiger charge is 2.33. The predicted molar refractivity (Wildman–Crippen MR) is 62.1 cm³/mol. The van der Waals surface area contributed by atoms with Crippen molar-refractivity contribution in [1.29, 1.82) is 0 Å². The van der Waals surface area contributed by atoms with Crippen molar-refractivity contribution in [2.75, 3.05) is 0 Å². The Morgan fingerprint density at radius 3 is 2.54 bits per heavy atom. The zero-order chi connectivity index (χ0) is 10.1. The van der Waals surface area contributed by atoms with E-state index in [1.54, 1.807) is 0 Å². The van der Waals surface area contributed by atoms with Crippen molar-refractivity contribution in [3.8, 4) is 0 Å². The number of rotatable bonds is 2. The van der Waals surface area contributed by atoms with E-state index in [-0.39, 0.29) is 0 Å². The van der Waals surface area contributed by atoms with E-state index in [1.165, 1.54) is 19.3 Å². The molecule has 2 N–H and O–H groups in total. The summed E-state index contributed by atoms with van der Waals surface area (Å²) in [4.78, 5) is 0. The van der Waals surface area contributed by atoms with Crippen LogP contribution in [0.15, 0.2) is 0 Å². The van der Waals surface area contributed by atoms with Crippen LogP contribution in [0, 0.1) is 5.41 Å². The normalized spacial score (nSPS) is 33.7. The van der Waals surface area contributed by atoms with Gasteiger partial charge in [0.2, 0.25) is 0 Å². The average molecular weight is 201 g/mol. The van der Waals surface area contributed by atoms with E-state index in [9.17, 15) is 0 Å². The molecule has 1 aliphatic carbocycles. The lowest BCUT2D eigenvalue weighted by molar-refractivity contribution is 0.232. The zero-order valence-corrected chi connectivity index (χ0v) is 10.2. The molecule has 0 spiro atoms. The summed E-state index contributed by atoms with van der Waals surface area (Å²) in [5, 5.41) is 1.40. The van der Waals surface area contributed by atoms with Crippen LogP contribution in [0.25, 0.3) is 0 Å². The first-order valence-electron chi connectivity index (χ1n) is 5.32. The molecule has 0 aromatic heterocycles. The average Bonchev–Trinajstić information content (AvgIpc) is 1.95. The van der Waals surface area contributed by atoms with Crippen molar-refractivity contribution >= 4 is 11.8 Å². The van der Waals surface area contributed by atoms with Crippen LogP contribution in [0.3, 0.4) is 0 Å². The van der Waals surface area contributed by atoms with E-state index in [2.05, 4.69) is 39.5 Å². The Morgan fingerprint density at radius 1 is 1.38 bits per heavy atom. The highest BCUT2D eigenvalue weighted by atomic mass is 32.2. The van der Waals surface area contributed by atoms with Gasteiger partial charge in [-0.2, -0.15) is 11.8 Å². The monoisotopic (exact) mass is 201 g/mol. The quantitative estimate of drug-likeness (QED) is 0.743. The third kappa shape index (κ3) is 3.51. The Kier molecular flexibility index (Phi) is 3.70. The van der Waals surface area contributed by atoms with E-state index in [1.807, 2.05) is 0 Å². The number of hydrogen-bond acceptors (Lipinski definition) is 2. The number of nitrogens with two attached hydrogens (primary N) is 1. The van der Waals surface area contributed by atoms with Gasteiger partial charge in [-0.05, 0) is 29.9 Å². The van der Waals surface area contributed by atoms with E-state index >= 15 is 0 Å². The summed E-state index contributed by atoms with van der Waals surface area (Å²) >= 11 is 2.06. The molecule has 13 heavy (non-hydrogen) atoms. The van der Waals surface area contributed by atoms with Gasteiger partial charge in [0.05, 0.1) is 0 Å². The second-order valence-corrected chi connectivity index (χ2v) is 7.11. The topological polar surface area (TPSA) is 26.0 Å². The Hall–Kier alpha value is 0.310. The molecule has 0 saturated heterocycles. The summed E-state index contributed by atoms with van der Waals surface area (Å²) in [5.41, 5.74) is 6.64. The maximum absolute atomic E-state index is 6.13. The molecule has 0 amide bonds. The molecule has 0 aromatic rings. The molecular weight excluding hydrogens is 178 g/mol. The highest BCUT2D eigenvalue weighted by molar-refractivity contribution is 8.00. The maximum Gasteiger partial charge on any atom is 0.0206 e. The second-order valence-electron chi connectivity index (χ2n) is 5.29. The molecule has 2 unspecified atom stereocenters. The summed E-state index contributed by atoms with van der Waals surface area (Å²) in [6.07, 6.45) is 3.79. The molecule has 78 valence electrons. The fourth-order valence-corrected chi connectivity index (χ4v) is 3.62. The van der Waals surface area contributed by atoms with Crippen LogP contribution in [0.2, 0.25) is 0 Å². The standard InChI is InChI=1S/C11H23NS/c1-8(2)13-10-7-11(3,4)6-5-9(10)12/h8-10H,5-7,12H2,1-4H3. The van der Waals surface area contributed by atoms with Crippen molar-refractivity contribution < 1.29 is 0 Å². The van der Waals surface area contributed by atoms with Gasteiger partial charge in [-0.3, -0.25) is 0 Å². The van der Waals surface area contributed by atoms with Gasteiger partial charge in [0, 0.05) is 11.3 Å². The highest BCUT2D eigenvalue weighted by Crippen LogP contribution is 2.40. The van der Waals surface area contributed by atoms with Gasteiger partial charge in [0.1, 0.15) is 0 Å². The first-order valence-corrected chi connectivity index (χ1v) is 6.26. The van der Waals surface area contributed by atoms with E-state index in [4.69, 9.17) is 5.73 Å². The third-order valence-electron chi connectivity index (χ3n) is 2.83. The molecule has 1 fully saturated rings. The third-order valence-corrected chi connectivity index (χ3v) is 4.24. The molecule has 2 atom stereocenters. The van der Waals surface area contributed by atoms with Gasteiger partial charge in [-0.15, -0.1) is 0 Å². The smallest absolute Gasteiger partial charge is 0.0206 e. The summed E-state index contributed by atoms with van der Waals surface area (Å²) < 4.78 is 0. The zero-order valence-electron chi connectivity index (χ0n) is 9.34. The lowest BCUT2D eigenvalue weighted by Crippen LogP contribution is -2.41. The number of thioether (sulfide) groups is 1. The minimum absolute atomic E-state index is 0.431. The fraction of sp³-hybridized carbons (Fsp3) is 1.00. The molecule has 0 aliphatic heterocycles. The van der Waals surface area contributed by atoms with Gasteiger partial charge < -0.3 is 5.73 Å². The minimum atomic E-state index is 0.431. The SMILES string of the molecule is CC(C)SC1CC(C)(C)CCC1N. The second kappa shape index (κ2) is 4.22. The van der Waals surface area contributed by atoms with Crippen LogP contribution in [-0.4, -0.2) is 16.5 Å². The molecule has 0 aromatic carbocycles. The van der Waals surface area contributed by atoms with Crippen LogP contribution in [0.4, 0.5) is 0 Å². The van der Waals surface area contributed by atoms with Gasteiger partial charge >= 0.3 is 0 Å². The number of hydrogen-bond donors (Lipinski definition) is 1. The van der Waals surface area contributed by atoms with E-state index < -0.39 is 0 Å². The van der Waals surface area contributed by atoms with Crippen molar-refractivity contribution in [1.82, 2.24) is 0 Å². The molecule has 1 rings (SSSR count). The van der Waals surface area contributed by atoms with E-state index in [0.29, 0.717) is 22.0 Å². The summed E-state index contributed by atoms with van der Waals surface area (Å²) in [5.74, 6) is 0. The summed E-state index contributed by atoms with van der Waals surface area (Å²) in [7, 11) is 0. The summed E-state index contributed by atoms with van der Waals surface area (Å²) in [6, 6.07) is 0.431. The first-order chi connectivity index (χ1) is 5.91. The van der Waals surface area contributed by atoms with Crippen LogP contribution in [-0.2, 0) is 0 Å². The van der Waals surface area contributed by atoms with Crippen LogP contribution < -0.4 is 5.73 Å². The van der Waals surface area contributed by atoms with Crippen LogP contribution in [0.1, 0.15) is 47.0 Å². The molecule has 0 heterocycles. The fourth-order valence-electron chi connectivity index (χ4n) is 2.04. The van der Waals surface area contributed by atoms with Gasteiger partial charge in [0.25, 0.3) is 0 Å². The molecule has 0 radical (unpaired) electrons. The van der Waals surface area contributed by atoms with E-state index in [0.717, 1.165) is 0 Å². The molecule has 1 saturated carbocycles. The van der Waals surface area contributed by atoms with Gasteiger partial charge in [0.15, 0.2) is 0 Å².